The highest BCUT2D eigenvalue weighted by molar-refractivity contribution is 7.92. The largest absolute Gasteiger partial charge is 0.340 e. The van der Waals surface area contributed by atoms with Gasteiger partial charge in [0.05, 0.1) is 28.3 Å². The fourth-order valence-electron chi connectivity index (χ4n) is 4.78. The van der Waals surface area contributed by atoms with E-state index in [4.69, 9.17) is 0 Å². The van der Waals surface area contributed by atoms with Gasteiger partial charge in [0.25, 0.3) is 0 Å². The molecule has 2 heterocycles. The second-order valence-corrected chi connectivity index (χ2v) is 11.1. The van der Waals surface area contributed by atoms with Crippen molar-refractivity contribution in [3.8, 4) is 5.69 Å². The number of sulfone groups is 1. The third kappa shape index (κ3) is 3.84. The summed E-state index contributed by atoms with van der Waals surface area (Å²) in [5.74, 6) is 0.110. The van der Waals surface area contributed by atoms with Crippen molar-refractivity contribution in [2.45, 2.75) is 57.1 Å². The second-order valence-electron chi connectivity index (χ2n) is 8.56. The fourth-order valence-corrected chi connectivity index (χ4v) is 6.94. The molecular formula is C22H29N3O3S. The van der Waals surface area contributed by atoms with Crippen LogP contribution in [0.2, 0.25) is 0 Å². The zero-order valence-corrected chi connectivity index (χ0v) is 18.0. The Balaban J connectivity index is 1.46. The molecule has 1 aliphatic carbocycles. The van der Waals surface area contributed by atoms with E-state index in [1.807, 2.05) is 48.9 Å². The minimum Gasteiger partial charge on any atom is -0.340 e. The van der Waals surface area contributed by atoms with Crippen LogP contribution in [0.4, 0.5) is 0 Å². The Hall–Kier alpha value is -2.15. The average Bonchev–Trinajstić information content (AvgIpc) is 3.03. The molecule has 1 saturated heterocycles. The van der Waals surface area contributed by atoms with Gasteiger partial charge in [0.1, 0.15) is 0 Å². The van der Waals surface area contributed by atoms with E-state index >= 15 is 0 Å². The van der Waals surface area contributed by atoms with Gasteiger partial charge in [0.15, 0.2) is 9.84 Å². The van der Waals surface area contributed by atoms with Crippen molar-refractivity contribution >= 4 is 15.7 Å². The summed E-state index contributed by atoms with van der Waals surface area (Å²) in [6.07, 6.45) is 4.65. The molecule has 1 aliphatic heterocycles. The fraction of sp³-hybridized carbons (Fsp3) is 0.545. The molecule has 2 fully saturated rings. The van der Waals surface area contributed by atoms with Gasteiger partial charge in [0, 0.05) is 18.8 Å². The predicted molar refractivity (Wildman–Crippen MR) is 113 cm³/mol. The van der Waals surface area contributed by atoms with Crippen molar-refractivity contribution in [1.29, 1.82) is 0 Å². The van der Waals surface area contributed by atoms with Crippen LogP contribution in [-0.2, 0) is 21.1 Å². The number of hydrogen-bond donors (Lipinski definition) is 0. The third-order valence-corrected chi connectivity index (χ3v) is 9.01. The van der Waals surface area contributed by atoms with Gasteiger partial charge in [0.2, 0.25) is 5.91 Å². The SMILES string of the molecule is Cc1cc(C)n(-c2ccc(CC(=O)N3CCS(=O)(=O)C4(CCCCC4)C3)cc2)n1. The zero-order valence-electron chi connectivity index (χ0n) is 17.2. The van der Waals surface area contributed by atoms with Crippen molar-refractivity contribution in [3.63, 3.8) is 0 Å². The van der Waals surface area contributed by atoms with E-state index in [0.717, 1.165) is 41.9 Å². The van der Waals surface area contributed by atoms with Crippen LogP contribution in [0.5, 0.6) is 0 Å². The molecule has 2 aliphatic rings. The topological polar surface area (TPSA) is 72.3 Å². The molecule has 6 nitrogen and oxygen atoms in total. The number of hydrogen-bond acceptors (Lipinski definition) is 4. The molecule has 0 atom stereocenters. The number of carbonyl (C=O) groups excluding carboxylic acids is 1. The monoisotopic (exact) mass is 415 g/mol. The molecule has 1 aromatic heterocycles. The maximum absolute atomic E-state index is 12.9. The van der Waals surface area contributed by atoms with Crippen LogP contribution < -0.4 is 0 Å². The summed E-state index contributed by atoms with van der Waals surface area (Å²) < 4.78 is 26.7. The van der Waals surface area contributed by atoms with Crippen LogP contribution >= 0.6 is 0 Å². The normalized spacial score (nSPS) is 20.7. The lowest BCUT2D eigenvalue weighted by atomic mass is 9.87. The van der Waals surface area contributed by atoms with Crippen LogP contribution in [-0.4, -0.2) is 52.6 Å². The number of aromatic nitrogens is 2. The number of rotatable bonds is 3. The van der Waals surface area contributed by atoms with Crippen molar-refractivity contribution in [1.82, 2.24) is 14.7 Å². The van der Waals surface area contributed by atoms with E-state index in [-0.39, 0.29) is 11.7 Å². The minimum absolute atomic E-state index is 0.0173. The number of aryl methyl sites for hydroxylation is 2. The Bertz CT molecular complexity index is 1000. The molecule has 2 aromatic rings. The van der Waals surface area contributed by atoms with E-state index < -0.39 is 14.6 Å². The summed E-state index contributed by atoms with van der Waals surface area (Å²) in [6.45, 7) is 4.65. The van der Waals surface area contributed by atoms with Crippen molar-refractivity contribution < 1.29 is 13.2 Å². The molecule has 0 unspecified atom stereocenters. The summed E-state index contributed by atoms with van der Waals surface area (Å²) in [5.41, 5.74) is 3.94. The second kappa shape index (κ2) is 7.59. The molecular weight excluding hydrogens is 386 g/mol. The Morgan fingerprint density at radius 1 is 1.10 bits per heavy atom. The van der Waals surface area contributed by atoms with Gasteiger partial charge in [-0.2, -0.15) is 5.10 Å². The molecule has 1 aromatic carbocycles. The van der Waals surface area contributed by atoms with Crippen molar-refractivity contribution in [2.24, 2.45) is 0 Å². The molecule has 0 radical (unpaired) electrons. The minimum atomic E-state index is -3.13. The highest BCUT2D eigenvalue weighted by atomic mass is 32.2. The molecule has 1 spiro atoms. The first-order chi connectivity index (χ1) is 13.8. The maximum Gasteiger partial charge on any atom is 0.227 e. The summed E-state index contributed by atoms with van der Waals surface area (Å²) in [5, 5.41) is 4.49. The van der Waals surface area contributed by atoms with Gasteiger partial charge in [-0.25, -0.2) is 13.1 Å². The summed E-state index contributed by atoms with van der Waals surface area (Å²) in [7, 11) is -3.13. The number of amides is 1. The third-order valence-electron chi connectivity index (χ3n) is 6.43. The van der Waals surface area contributed by atoms with Crippen LogP contribution in [0, 0.1) is 13.8 Å². The van der Waals surface area contributed by atoms with Crippen molar-refractivity contribution in [2.75, 3.05) is 18.8 Å². The molecule has 4 rings (SSSR count). The van der Waals surface area contributed by atoms with Gasteiger partial charge in [-0.1, -0.05) is 31.4 Å². The number of carbonyl (C=O) groups is 1. The van der Waals surface area contributed by atoms with E-state index in [0.29, 0.717) is 32.4 Å². The van der Waals surface area contributed by atoms with E-state index in [1.165, 1.54) is 0 Å². The van der Waals surface area contributed by atoms with Crippen molar-refractivity contribution in [3.05, 3.63) is 47.3 Å². The van der Waals surface area contributed by atoms with Gasteiger partial charge < -0.3 is 4.90 Å². The Kier molecular flexibility index (Phi) is 5.27. The molecule has 7 heteroatoms. The molecule has 1 amide bonds. The summed E-state index contributed by atoms with van der Waals surface area (Å²) >= 11 is 0. The van der Waals surface area contributed by atoms with Crippen LogP contribution in [0.25, 0.3) is 5.69 Å². The lowest BCUT2D eigenvalue weighted by Crippen LogP contribution is -2.58. The standard InChI is InChI=1S/C22H29N3O3S/c1-17-14-18(2)25(23-17)20-8-6-19(7-9-20)15-21(26)24-12-13-29(27,28)22(16-24)10-4-3-5-11-22/h6-9,14H,3-5,10-13,15-16H2,1-2H3. The average molecular weight is 416 g/mol. The highest BCUT2D eigenvalue weighted by Crippen LogP contribution is 2.38. The first kappa shape index (κ1) is 20.1. The van der Waals surface area contributed by atoms with E-state index in [2.05, 4.69) is 5.10 Å². The van der Waals surface area contributed by atoms with Crippen LogP contribution in [0.15, 0.2) is 30.3 Å². The summed E-state index contributed by atoms with van der Waals surface area (Å²) in [6, 6.07) is 9.90. The lowest BCUT2D eigenvalue weighted by Gasteiger charge is -2.44. The van der Waals surface area contributed by atoms with E-state index in [1.54, 1.807) is 4.90 Å². The first-order valence-electron chi connectivity index (χ1n) is 10.4. The van der Waals surface area contributed by atoms with Gasteiger partial charge in [-0.05, 0) is 50.5 Å². The van der Waals surface area contributed by atoms with Crippen LogP contribution in [0.3, 0.4) is 0 Å². The predicted octanol–water partition coefficient (Wildman–Crippen LogP) is 2.99. The Morgan fingerprint density at radius 3 is 2.41 bits per heavy atom. The van der Waals surface area contributed by atoms with Gasteiger partial charge in [-0.15, -0.1) is 0 Å². The molecule has 29 heavy (non-hydrogen) atoms. The smallest absolute Gasteiger partial charge is 0.227 e. The first-order valence-corrected chi connectivity index (χ1v) is 12.1. The number of nitrogens with zero attached hydrogens (tertiary/aromatic N) is 3. The van der Waals surface area contributed by atoms with Gasteiger partial charge >= 0.3 is 0 Å². The van der Waals surface area contributed by atoms with Crippen LogP contribution in [0.1, 0.15) is 49.1 Å². The summed E-state index contributed by atoms with van der Waals surface area (Å²) in [4.78, 5) is 14.7. The Morgan fingerprint density at radius 2 is 1.79 bits per heavy atom. The lowest BCUT2D eigenvalue weighted by molar-refractivity contribution is -0.131. The quantitative estimate of drug-likeness (QED) is 0.773. The molecule has 1 saturated carbocycles. The highest BCUT2D eigenvalue weighted by Gasteiger charge is 2.49. The molecule has 156 valence electrons. The molecule has 0 N–H and O–H groups in total. The maximum atomic E-state index is 12.9. The van der Waals surface area contributed by atoms with E-state index in [9.17, 15) is 13.2 Å². The number of benzene rings is 1. The Labute approximate surface area is 172 Å². The van der Waals surface area contributed by atoms with Gasteiger partial charge in [-0.3, -0.25) is 4.79 Å². The zero-order chi connectivity index (χ0) is 20.6. The molecule has 0 bridgehead atoms.